The van der Waals surface area contributed by atoms with E-state index >= 15 is 0 Å². The van der Waals surface area contributed by atoms with E-state index in [9.17, 15) is 0 Å². The van der Waals surface area contributed by atoms with E-state index in [1.165, 1.54) is 50.0 Å². The fourth-order valence-electron chi connectivity index (χ4n) is 3.36. The minimum absolute atomic E-state index is 0.770. The van der Waals surface area contributed by atoms with E-state index in [0.29, 0.717) is 0 Å². The third-order valence-electron chi connectivity index (χ3n) is 4.27. The monoisotopic (exact) mass is 294 g/mol. The van der Waals surface area contributed by atoms with Gasteiger partial charge in [-0.15, -0.1) is 0 Å². The fourth-order valence-corrected chi connectivity index (χ4v) is 3.69. The lowest BCUT2D eigenvalue weighted by Crippen LogP contribution is -2.35. The van der Waals surface area contributed by atoms with Crippen LogP contribution in [0, 0.1) is 5.92 Å². The Morgan fingerprint density at radius 2 is 2.12 bits per heavy atom. The summed E-state index contributed by atoms with van der Waals surface area (Å²) in [5, 5.41) is 0.895. The van der Waals surface area contributed by atoms with E-state index < -0.39 is 0 Å². The summed E-state index contributed by atoms with van der Waals surface area (Å²) in [6.45, 7) is 1.20. The average molecular weight is 295 g/mol. The number of hydrogen-bond donors (Lipinski definition) is 0. The minimum atomic E-state index is 0.770. The largest absolute Gasteiger partial charge is 0.353 e. The van der Waals surface area contributed by atoms with Crippen LogP contribution in [0.4, 0.5) is 5.82 Å². The van der Waals surface area contributed by atoms with Crippen LogP contribution in [0.3, 0.4) is 0 Å². The van der Waals surface area contributed by atoms with Crippen molar-refractivity contribution >= 4 is 21.7 Å². The van der Waals surface area contributed by atoms with Gasteiger partial charge in [0.1, 0.15) is 5.82 Å². The Labute approximate surface area is 112 Å². The zero-order valence-electron chi connectivity index (χ0n) is 10.1. The Bertz CT molecular complexity index is 376. The normalized spacial score (nSPS) is 28.2. The SMILES string of the molecule is BrCc1ccc(N2CCC3CCCCC32)nc1. The van der Waals surface area contributed by atoms with Gasteiger partial charge in [0.15, 0.2) is 0 Å². The molecule has 2 atom stereocenters. The molecule has 2 heterocycles. The molecule has 0 aromatic carbocycles. The fraction of sp³-hybridized carbons (Fsp3) is 0.643. The molecule has 1 saturated carbocycles. The van der Waals surface area contributed by atoms with Crippen molar-refractivity contribution in [1.29, 1.82) is 0 Å². The zero-order valence-corrected chi connectivity index (χ0v) is 11.7. The molecular weight excluding hydrogens is 276 g/mol. The molecule has 1 aliphatic carbocycles. The number of rotatable bonds is 2. The molecule has 2 aliphatic rings. The van der Waals surface area contributed by atoms with E-state index in [2.05, 4.69) is 37.9 Å². The zero-order chi connectivity index (χ0) is 11.7. The molecule has 2 fully saturated rings. The van der Waals surface area contributed by atoms with Gasteiger partial charge >= 0.3 is 0 Å². The first kappa shape index (κ1) is 11.5. The maximum atomic E-state index is 4.62. The van der Waals surface area contributed by atoms with Crippen LogP contribution in [-0.4, -0.2) is 17.6 Å². The molecule has 1 aromatic heterocycles. The molecule has 2 unspecified atom stereocenters. The molecule has 17 heavy (non-hydrogen) atoms. The first-order valence-electron chi connectivity index (χ1n) is 6.66. The molecule has 3 heteroatoms. The maximum Gasteiger partial charge on any atom is 0.128 e. The summed E-state index contributed by atoms with van der Waals surface area (Å²) in [5.74, 6) is 2.12. The van der Waals surface area contributed by atoms with E-state index in [-0.39, 0.29) is 0 Å². The van der Waals surface area contributed by atoms with E-state index in [1.807, 2.05) is 6.20 Å². The van der Waals surface area contributed by atoms with Crippen LogP contribution in [0.5, 0.6) is 0 Å². The van der Waals surface area contributed by atoms with Crippen LogP contribution in [0.15, 0.2) is 18.3 Å². The number of hydrogen-bond acceptors (Lipinski definition) is 2. The van der Waals surface area contributed by atoms with Gasteiger partial charge in [-0.25, -0.2) is 4.98 Å². The van der Waals surface area contributed by atoms with Crippen molar-refractivity contribution in [2.45, 2.75) is 43.5 Å². The highest BCUT2D eigenvalue weighted by molar-refractivity contribution is 9.08. The van der Waals surface area contributed by atoms with Crippen LogP contribution in [0.2, 0.25) is 0 Å². The van der Waals surface area contributed by atoms with Crippen molar-refractivity contribution in [3.05, 3.63) is 23.9 Å². The smallest absolute Gasteiger partial charge is 0.128 e. The summed E-state index contributed by atoms with van der Waals surface area (Å²) in [5.41, 5.74) is 1.26. The summed E-state index contributed by atoms with van der Waals surface area (Å²) >= 11 is 3.47. The van der Waals surface area contributed by atoms with Crippen molar-refractivity contribution in [1.82, 2.24) is 4.98 Å². The van der Waals surface area contributed by atoms with Crippen LogP contribution >= 0.6 is 15.9 Å². The van der Waals surface area contributed by atoms with Gasteiger partial charge in [-0.2, -0.15) is 0 Å². The van der Waals surface area contributed by atoms with Crippen LogP contribution in [0.25, 0.3) is 0 Å². The summed E-state index contributed by atoms with van der Waals surface area (Å²) in [4.78, 5) is 7.16. The van der Waals surface area contributed by atoms with Gasteiger partial charge in [0.05, 0.1) is 0 Å². The molecule has 0 N–H and O–H groups in total. The van der Waals surface area contributed by atoms with E-state index in [4.69, 9.17) is 0 Å². The molecule has 92 valence electrons. The second kappa shape index (κ2) is 4.97. The van der Waals surface area contributed by atoms with Gasteiger partial charge in [0, 0.05) is 24.1 Å². The molecule has 1 saturated heterocycles. The second-order valence-electron chi connectivity index (χ2n) is 5.25. The highest BCUT2D eigenvalue weighted by atomic mass is 79.9. The second-order valence-corrected chi connectivity index (χ2v) is 5.81. The van der Waals surface area contributed by atoms with Crippen molar-refractivity contribution in [2.24, 2.45) is 5.92 Å². The third-order valence-corrected chi connectivity index (χ3v) is 4.92. The number of anilines is 1. The van der Waals surface area contributed by atoms with Gasteiger partial charge in [-0.1, -0.05) is 34.8 Å². The third kappa shape index (κ3) is 2.22. The molecular formula is C14H19BrN2. The van der Waals surface area contributed by atoms with Crippen molar-refractivity contribution in [3.63, 3.8) is 0 Å². The Morgan fingerprint density at radius 1 is 1.24 bits per heavy atom. The Hall–Kier alpha value is -0.570. The minimum Gasteiger partial charge on any atom is -0.353 e. The van der Waals surface area contributed by atoms with Crippen LogP contribution < -0.4 is 4.90 Å². The van der Waals surface area contributed by atoms with Gasteiger partial charge in [0.2, 0.25) is 0 Å². The molecule has 3 rings (SSSR count). The predicted molar refractivity (Wildman–Crippen MR) is 74.6 cm³/mol. The molecule has 1 aromatic rings. The van der Waals surface area contributed by atoms with Crippen molar-refractivity contribution in [3.8, 4) is 0 Å². The Balaban J connectivity index is 1.78. The highest BCUT2D eigenvalue weighted by Gasteiger charge is 2.36. The number of fused-ring (bicyclic) bond motifs is 1. The van der Waals surface area contributed by atoms with Gasteiger partial charge in [0.25, 0.3) is 0 Å². The lowest BCUT2D eigenvalue weighted by molar-refractivity contribution is 0.341. The molecule has 0 bridgehead atoms. The highest BCUT2D eigenvalue weighted by Crippen LogP contribution is 2.38. The van der Waals surface area contributed by atoms with Gasteiger partial charge in [-0.05, 0) is 36.8 Å². The van der Waals surface area contributed by atoms with Gasteiger partial charge in [-0.3, -0.25) is 0 Å². The number of halogens is 1. The van der Waals surface area contributed by atoms with Crippen molar-refractivity contribution < 1.29 is 0 Å². The summed E-state index contributed by atoms with van der Waals surface area (Å²) in [7, 11) is 0. The lowest BCUT2D eigenvalue weighted by Gasteiger charge is -2.32. The van der Waals surface area contributed by atoms with Crippen LogP contribution in [0.1, 0.15) is 37.7 Å². The number of pyridine rings is 1. The number of aromatic nitrogens is 1. The molecule has 0 amide bonds. The first-order valence-corrected chi connectivity index (χ1v) is 7.78. The van der Waals surface area contributed by atoms with Crippen molar-refractivity contribution in [2.75, 3.05) is 11.4 Å². The summed E-state index contributed by atoms with van der Waals surface area (Å²) in [6, 6.07) is 5.15. The van der Waals surface area contributed by atoms with Crippen LogP contribution in [-0.2, 0) is 5.33 Å². The lowest BCUT2D eigenvalue weighted by atomic mass is 9.85. The predicted octanol–water partition coefficient (Wildman–Crippen LogP) is 3.75. The molecule has 0 spiro atoms. The summed E-state index contributed by atoms with van der Waals surface area (Å²) in [6.07, 6.45) is 9.00. The first-order chi connectivity index (χ1) is 8.38. The number of alkyl halides is 1. The van der Waals surface area contributed by atoms with Gasteiger partial charge < -0.3 is 4.90 Å². The quantitative estimate of drug-likeness (QED) is 0.773. The number of nitrogens with zero attached hydrogens (tertiary/aromatic N) is 2. The molecule has 1 aliphatic heterocycles. The average Bonchev–Trinajstić information content (AvgIpc) is 2.83. The Kier molecular flexibility index (Phi) is 3.37. The maximum absolute atomic E-state index is 4.62. The van der Waals surface area contributed by atoms with E-state index in [1.54, 1.807) is 0 Å². The standard InChI is InChI=1S/C14H19BrN2/c15-9-11-5-6-14(16-10-11)17-8-7-12-3-1-2-4-13(12)17/h5-6,10,12-13H,1-4,7-9H2. The molecule has 2 nitrogen and oxygen atoms in total. The topological polar surface area (TPSA) is 16.1 Å². The van der Waals surface area contributed by atoms with E-state index in [0.717, 1.165) is 17.3 Å². The Morgan fingerprint density at radius 3 is 2.88 bits per heavy atom. The molecule has 0 radical (unpaired) electrons. The summed E-state index contributed by atoms with van der Waals surface area (Å²) < 4.78 is 0.